The molecule has 0 heterocycles. The maximum atomic E-state index is 12.4. The van der Waals surface area contributed by atoms with Gasteiger partial charge in [-0.3, -0.25) is 10.1 Å². The molecule has 0 aliphatic rings. The summed E-state index contributed by atoms with van der Waals surface area (Å²) in [6.07, 6.45) is -2.47. The standard InChI is InChI=1S/C13H14F3NO7S/c1-2-23-12(18)11(24-25(21,22)13(14,15)16)8-5-9-3-6-10(7-4-9)17(19)20/h3-4,6-7,11H,2,5,8H2,1H3. The van der Waals surface area contributed by atoms with Crippen LogP contribution < -0.4 is 0 Å². The van der Waals surface area contributed by atoms with Crippen LogP contribution in [0.5, 0.6) is 0 Å². The van der Waals surface area contributed by atoms with Crippen molar-refractivity contribution in [2.75, 3.05) is 6.61 Å². The summed E-state index contributed by atoms with van der Waals surface area (Å²) in [7, 11) is -5.97. The highest BCUT2D eigenvalue weighted by atomic mass is 32.2. The van der Waals surface area contributed by atoms with Crippen molar-refractivity contribution in [3.8, 4) is 0 Å². The van der Waals surface area contributed by atoms with Crippen LogP contribution in [0.3, 0.4) is 0 Å². The molecule has 0 radical (unpaired) electrons. The number of rotatable bonds is 8. The van der Waals surface area contributed by atoms with E-state index >= 15 is 0 Å². The molecule has 25 heavy (non-hydrogen) atoms. The maximum absolute atomic E-state index is 12.4. The Morgan fingerprint density at radius 3 is 2.28 bits per heavy atom. The molecule has 0 amide bonds. The van der Waals surface area contributed by atoms with Gasteiger partial charge in [0.2, 0.25) is 0 Å². The number of hydrogen-bond acceptors (Lipinski definition) is 7. The van der Waals surface area contributed by atoms with Crippen LogP contribution in [0.1, 0.15) is 18.9 Å². The number of hydrogen-bond donors (Lipinski definition) is 0. The van der Waals surface area contributed by atoms with E-state index < -0.39 is 39.0 Å². The van der Waals surface area contributed by atoms with Crippen molar-refractivity contribution >= 4 is 21.8 Å². The average molecular weight is 385 g/mol. The Morgan fingerprint density at radius 1 is 1.28 bits per heavy atom. The summed E-state index contributed by atoms with van der Waals surface area (Å²) in [4.78, 5) is 21.6. The van der Waals surface area contributed by atoms with Gasteiger partial charge in [0.15, 0.2) is 6.10 Å². The van der Waals surface area contributed by atoms with Gasteiger partial charge in [-0.2, -0.15) is 21.6 Å². The molecule has 1 aromatic rings. The third kappa shape index (κ3) is 5.98. The van der Waals surface area contributed by atoms with E-state index in [9.17, 15) is 36.5 Å². The highest BCUT2D eigenvalue weighted by molar-refractivity contribution is 7.87. The number of carbonyl (C=O) groups excluding carboxylic acids is 1. The molecule has 0 N–H and O–H groups in total. The smallest absolute Gasteiger partial charge is 0.464 e. The van der Waals surface area contributed by atoms with Crippen molar-refractivity contribution in [2.24, 2.45) is 0 Å². The predicted molar refractivity (Wildman–Crippen MR) is 77.9 cm³/mol. The van der Waals surface area contributed by atoms with E-state index in [1.54, 1.807) is 0 Å². The van der Waals surface area contributed by atoms with Gasteiger partial charge < -0.3 is 4.74 Å². The Bertz CT molecular complexity index is 716. The summed E-state index contributed by atoms with van der Waals surface area (Å²) in [5, 5.41) is 10.5. The molecule has 0 aromatic heterocycles. The number of carbonyl (C=O) groups is 1. The summed E-state index contributed by atoms with van der Waals surface area (Å²) in [6, 6.07) is 5.00. The molecule has 0 spiro atoms. The number of nitro groups is 1. The zero-order chi connectivity index (χ0) is 19.3. The fraction of sp³-hybridized carbons (Fsp3) is 0.462. The number of nitro benzene ring substituents is 1. The normalized spacial score (nSPS) is 13.3. The zero-order valence-electron chi connectivity index (χ0n) is 12.9. The Hall–Kier alpha value is -2.21. The van der Waals surface area contributed by atoms with Crippen LogP contribution in [0.2, 0.25) is 0 Å². The summed E-state index contributed by atoms with van der Waals surface area (Å²) in [6.45, 7) is 1.21. The molecule has 8 nitrogen and oxygen atoms in total. The lowest BCUT2D eigenvalue weighted by molar-refractivity contribution is -0.384. The van der Waals surface area contributed by atoms with Gasteiger partial charge >= 0.3 is 21.6 Å². The number of alkyl halides is 3. The van der Waals surface area contributed by atoms with Gasteiger partial charge in [0.1, 0.15) is 0 Å². The molecule has 12 heteroatoms. The molecule has 0 fully saturated rings. The minimum Gasteiger partial charge on any atom is -0.464 e. The Labute approximate surface area is 140 Å². The fourth-order valence-corrected chi connectivity index (χ4v) is 2.32. The SMILES string of the molecule is CCOC(=O)C(CCc1ccc([N+](=O)[O-])cc1)OS(=O)(=O)C(F)(F)F. The van der Waals surface area contributed by atoms with Gasteiger partial charge in [-0.15, -0.1) is 0 Å². The minimum atomic E-state index is -5.97. The first-order valence-electron chi connectivity index (χ1n) is 6.87. The molecule has 140 valence electrons. The number of benzene rings is 1. The second-order valence-electron chi connectivity index (χ2n) is 4.70. The molecular formula is C13H14F3NO7S. The van der Waals surface area contributed by atoms with Crippen LogP contribution in [-0.2, 0) is 30.3 Å². The summed E-state index contributed by atoms with van der Waals surface area (Å²) in [5.74, 6) is -1.25. The van der Waals surface area contributed by atoms with Crippen molar-refractivity contribution in [1.29, 1.82) is 0 Å². The van der Waals surface area contributed by atoms with Gasteiger partial charge in [0, 0.05) is 12.1 Å². The van der Waals surface area contributed by atoms with Gasteiger partial charge in [-0.25, -0.2) is 8.98 Å². The minimum absolute atomic E-state index is 0.0607. The highest BCUT2D eigenvalue weighted by Crippen LogP contribution is 2.27. The molecule has 1 aromatic carbocycles. The molecule has 1 atom stereocenters. The zero-order valence-corrected chi connectivity index (χ0v) is 13.7. The molecule has 1 unspecified atom stereocenters. The number of nitrogens with zero attached hydrogens (tertiary/aromatic N) is 1. The van der Waals surface area contributed by atoms with E-state index in [1.165, 1.54) is 31.2 Å². The third-order valence-corrected chi connectivity index (χ3v) is 3.97. The first kappa shape index (κ1) is 20.8. The van der Waals surface area contributed by atoms with E-state index in [0.717, 1.165) is 0 Å². The Balaban J connectivity index is 2.87. The van der Waals surface area contributed by atoms with Gasteiger partial charge in [0.05, 0.1) is 11.5 Å². The summed E-state index contributed by atoms with van der Waals surface area (Å²) >= 11 is 0. The first-order chi connectivity index (χ1) is 11.5. The van der Waals surface area contributed by atoms with Gasteiger partial charge in [-0.05, 0) is 25.3 Å². The van der Waals surface area contributed by atoms with Gasteiger partial charge in [-0.1, -0.05) is 12.1 Å². The topological polar surface area (TPSA) is 113 Å². The molecule has 0 saturated carbocycles. The summed E-state index contributed by atoms with van der Waals surface area (Å²) in [5.41, 5.74) is -5.43. The highest BCUT2D eigenvalue weighted by Gasteiger charge is 2.49. The number of halogens is 3. The van der Waals surface area contributed by atoms with Crippen molar-refractivity contribution in [3.63, 3.8) is 0 Å². The third-order valence-electron chi connectivity index (χ3n) is 2.92. The number of esters is 1. The Morgan fingerprint density at radius 2 is 1.84 bits per heavy atom. The number of non-ortho nitro benzene ring substituents is 1. The lowest BCUT2D eigenvalue weighted by Gasteiger charge is -2.17. The maximum Gasteiger partial charge on any atom is 0.523 e. The molecule has 0 aliphatic carbocycles. The van der Waals surface area contributed by atoms with E-state index in [0.29, 0.717) is 5.56 Å². The van der Waals surface area contributed by atoms with E-state index in [4.69, 9.17) is 0 Å². The van der Waals surface area contributed by atoms with Gasteiger partial charge in [0.25, 0.3) is 5.69 Å². The lowest BCUT2D eigenvalue weighted by Crippen LogP contribution is -2.35. The van der Waals surface area contributed by atoms with Crippen molar-refractivity contribution in [2.45, 2.75) is 31.4 Å². The van der Waals surface area contributed by atoms with Crippen molar-refractivity contribution < 1.29 is 40.2 Å². The van der Waals surface area contributed by atoms with E-state index in [-0.39, 0.29) is 18.7 Å². The van der Waals surface area contributed by atoms with Crippen LogP contribution in [-0.4, -0.2) is 37.5 Å². The quantitative estimate of drug-likeness (QED) is 0.222. The molecular weight excluding hydrogens is 371 g/mol. The summed E-state index contributed by atoms with van der Waals surface area (Å²) < 4.78 is 67.8. The predicted octanol–water partition coefficient (Wildman–Crippen LogP) is 2.33. The monoisotopic (exact) mass is 385 g/mol. The second-order valence-corrected chi connectivity index (χ2v) is 6.26. The van der Waals surface area contributed by atoms with E-state index in [2.05, 4.69) is 8.92 Å². The van der Waals surface area contributed by atoms with Crippen LogP contribution in [0.15, 0.2) is 24.3 Å². The first-order valence-corrected chi connectivity index (χ1v) is 8.28. The molecule has 0 bridgehead atoms. The fourth-order valence-electron chi connectivity index (χ4n) is 1.73. The lowest BCUT2D eigenvalue weighted by atomic mass is 10.1. The molecule has 0 saturated heterocycles. The Kier molecular flexibility index (Phi) is 6.87. The van der Waals surface area contributed by atoms with Crippen molar-refractivity contribution in [3.05, 3.63) is 39.9 Å². The number of aryl methyl sites for hydroxylation is 1. The average Bonchev–Trinajstić information content (AvgIpc) is 2.50. The molecule has 0 aliphatic heterocycles. The van der Waals surface area contributed by atoms with Crippen LogP contribution in [0.4, 0.5) is 18.9 Å². The second kappa shape index (κ2) is 8.25. The van der Waals surface area contributed by atoms with Crippen LogP contribution in [0.25, 0.3) is 0 Å². The largest absolute Gasteiger partial charge is 0.523 e. The van der Waals surface area contributed by atoms with Crippen LogP contribution >= 0.6 is 0 Å². The molecule has 1 rings (SSSR count). The van der Waals surface area contributed by atoms with E-state index in [1.807, 2.05) is 0 Å². The number of ether oxygens (including phenoxy) is 1. The van der Waals surface area contributed by atoms with Crippen LogP contribution in [0, 0.1) is 10.1 Å². The van der Waals surface area contributed by atoms with Crippen molar-refractivity contribution in [1.82, 2.24) is 0 Å².